The van der Waals surface area contributed by atoms with Crippen LogP contribution < -0.4 is 5.73 Å². The molecule has 6 heteroatoms. The number of thioether (sulfide) groups is 1. The van der Waals surface area contributed by atoms with Crippen molar-refractivity contribution < 1.29 is 0 Å². The Morgan fingerprint density at radius 3 is 2.43 bits per heavy atom. The van der Waals surface area contributed by atoms with Gasteiger partial charge in [-0.3, -0.25) is 0 Å². The second-order valence-electron chi connectivity index (χ2n) is 4.16. The summed E-state index contributed by atoms with van der Waals surface area (Å²) in [5, 5.41) is 8.45. The SMILES string of the molecule is NC(=NN=Cc1cc(Br)cc(Br)c1)SCc1ccccc1. The summed E-state index contributed by atoms with van der Waals surface area (Å²) in [7, 11) is 0. The first-order valence-electron chi connectivity index (χ1n) is 6.13. The molecule has 0 bridgehead atoms. The first kappa shape index (κ1) is 16.3. The van der Waals surface area contributed by atoms with Gasteiger partial charge in [-0.15, -0.1) is 5.10 Å². The summed E-state index contributed by atoms with van der Waals surface area (Å²) in [6.07, 6.45) is 1.67. The third kappa shape index (κ3) is 6.03. The molecule has 0 heterocycles. The molecule has 0 aliphatic rings. The molecule has 2 rings (SSSR count). The van der Waals surface area contributed by atoms with Crippen LogP contribution in [0.2, 0.25) is 0 Å². The molecule has 0 spiro atoms. The van der Waals surface area contributed by atoms with Crippen LogP contribution >= 0.6 is 43.6 Å². The molecule has 0 radical (unpaired) electrons. The van der Waals surface area contributed by atoms with Crippen molar-refractivity contribution in [2.24, 2.45) is 15.9 Å². The molecule has 0 saturated heterocycles. The molecule has 108 valence electrons. The molecule has 0 unspecified atom stereocenters. The summed E-state index contributed by atoms with van der Waals surface area (Å²) in [4.78, 5) is 0. The maximum atomic E-state index is 5.83. The van der Waals surface area contributed by atoms with Gasteiger partial charge in [0, 0.05) is 14.7 Å². The molecular weight excluding hydrogens is 414 g/mol. The third-order valence-electron chi connectivity index (χ3n) is 2.48. The van der Waals surface area contributed by atoms with Crippen LogP contribution in [0.25, 0.3) is 0 Å². The van der Waals surface area contributed by atoms with Crippen molar-refractivity contribution in [3.8, 4) is 0 Å². The predicted octanol–water partition coefficient (Wildman–Crippen LogP) is 4.79. The molecule has 0 aliphatic heterocycles. The van der Waals surface area contributed by atoms with Crippen molar-refractivity contribution in [2.45, 2.75) is 5.75 Å². The first-order chi connectivity index (χ1) is 10.1. The summed E-state index contributed by atoms with van der Waals surface area (Å²) < 4.78 is 1.96. The summed E-state index contributed by atoms with van der Waals surface area (Å²) in [5.74, 6) is 0.786. The average molecular weight is 427 g/mol. The van der Waals surface area contributed by atoms with Crippen molar-refractivity contribution in [1.29, 1.82) is 0 Å². The standard InChI is InChI=1S/C15H13Br2N3S/c16-13-6-12(7-14(17)8-13)9-19-20-15(18)21-10-11-4-2-1-3-5-11/h1-9H,10H2,(H2,18,20). The lowest BCUT2D eigenvalue weighted by Crippen LogP contribution is -2.05. The molecule has 0 fully saturated rings. The number of nitrogens with two attached hydrogens (primary N) is 1. The summed E-state index contributed by atoms with van der Waals surface area (Å²) in [5.41, 5.74) is 7.98. The van der Waals surface area contributed by atoms with Gasteiger partial charge in [0.1, 0.15) is 0 Å². The predicted molar refractivity (Wildman–Crippen MR) is 98.8 cm³/mol. The van der Waals surface area contributed by atoms with Crippen molar-refractivity contribution in [3.63, 3.8) is 0 Å². The molecule has 2 aromatic rings. The molecule has 0 aliphatic carbocycles. The highest BCUT2D eigenvalue weighted by Crippen LogP contribution is 2.19. The van der Waals surface area contributed by atoms with Gasteiger partial charge in [-0.2, -0.15) is 5.10 Å². The van der Waals surface area contributed by atoms with Crippen molar-refractivity contribution >= 4 is 55.0 Å². The lowest BCUT2D eigenvalue weighted by atomic mass is 10.2. The number of amidine groups is 1. The smallest absolute Gasteiger partial charge is 0.180 e. The number of nitrogens with zero attached hydrogens (tertiary/aromatic N) is 2. The fourth-order valence-corrected chi connectivity index (χ4v) is 3.50. The monoisotopic (exact) mass is 425 g/mol. The van der Waals surface area contributed by atoms with Crippen LogP contribution in [-0.4, -0.2) is 11.4 Å². The van der Waals surface area contributed by atoms with E-state index in [9.17, 15) is 0 Å². The van der Waals surface area contributed by atoms with Crippen molar-refractivity contribution in [2.75, 3.05) is 0 Å². The van der Waals surface area contributed by atoms with Crippen LogP contribution in [0.4, 0.5) is 0 Å². The fourth-order valence-electron chi connectivity index (χ4n) is 1.56. The third-order valence-corrected chi connectivity index (χ3v) is 4.25. The number of hydrogen-bond acceptors (Lipinski definition) is 3. The Balaban J connectivity index is 1.92. The molecule has 2 N–H and O–H groups in total. The summed E-state index contributed by atoms with van der Waals surface area (Å²) >= 11 is 8.32. The minimum Gasteiger partial charge on any atom is -0.377 e. The van der Waals surface area contributed by atoms with Crippen LogP contribution in [0.5, 0.6) is 0 Å². The van der Waals surface area contributed by atoms with Crippen LogP contribution in [-0.2, 0) is 5.75 Å². The fraction of sp³-hybridized carbons (Fsp3) is 0.0667. The minimum atomic E-state index is 0.448. The van der Waals surface area contributed by atoms with Crippen LogP contribution in [0.1, 0.15) is 11.1 Å². The van der Waals surface area contributed by atoms with Gasteiger partial charge in [0.05, 0.1) is 6.21 Å². The van der Waals surface area contributed by atoms with E-state index in [2.05, 4.69) is 54.2 Å². The van der Waals surface area contributed by atoms with E-state index < -0.39 is 0 Å². The maximum absolute atomic E-state index is 5.83. The molecular formula is C15H13Br2N3S. The lowest BCUT2D eigenvalue weighted by molar-refractivity contribution is 1.25. The van der Waals surface area contributed by atoms with Gasteiger partial charge in [0.25, 0.3) is 0 Å². The van der Waals surface area contributed by atoms with E-state index in [0.717, 1.165) is 20.3 Å². The Morgan fingerprint density at radius 2 is 1.76 bits per heavy atom. The van der Waals surface area contributed by atoms with Crippen molar-refractivity contribution in [3.05, 3.63) is 68.6 Å². The highest BCUT2D eigenvalue weighted by Gasteiger charge is 1.97. The van der Waals surface area contributed by atoms with Gasteiger partial charge in [-0.1, -0.05) is 74.0 Å². The zero-order valence-electron chi connectivity index (χ0n) is 11.0. The summed E-state index contributed by atoms with van der Waals surface area (Å²) in [6, 6.07) is 16.0. The number of halogens is 2. The maximum Gasteiger partial charge on any atom is 0.180 e. The first-order valence-corrected chi connectivity index (χ1v) is 8.70. The van der Waals surface area contributed by atoms with Crippen molar-refractivity contribution in [1.82, 2.24) is 0 Å². The summed E-state index contributed by atoms with van der Waals surface area (Å²) in [6.45, 7) is 0. The average Bonchev–Trinajstić information content (AvgIpc) is 2.45. The van der Waals surface area contributed by atoms with Crippen LogP contribution in [0.3, 0.4) is 0 Å². The zero-order chi connectivity index (χ0) is 15.1. The highest BCUT2D eigenvalue weighted by molar-refractivity contribution is 9.11. The van der Waals surface area contributed by atoms with E-state index in [1.165, 1.54) is 17.3 Å². The van der Waals surface area contributed by atoms with Gasteiger partial charge < -0.3 is 5.73 Å². The second kappa shape index (κ2) is 8.36. The Bertz CT molecular complexity index is 637. The van der Waals surface area contributed by atoms with E-state index in [1.54, 1.807) is 6.21 Å². The molecule has 0 aromatic heterocycles. The molecule has 0 atom stereocenters. The Labute approximate surface area is 145 Å². The second-order valence-corrected chi connectivity index (χ2v) is 6.99. The van der Waals surface area contributed by atoms with E-state index in [1.807, 2.05) is 36.4 Å². The van der Waals surface area contributed by atoms with E-state index in [-0.39, 0.29) is 0 Å². The van der Waals surface area contributed by atoms with E-state index >= 15 is 0 Å². The van der Waals surface area contributed by atoms with Crippen LogP contribution in [0.15, 0.2) is 67.7 Å². The van der Waals surface area contributed by atoms with Gasteiger partial charge in [-0.25, -0.2) is 0 Å². The van der Waals surface area contributed by atoms with E-state index in [0.29, 0.717) is 5.17 Å². The van der Waals surface area contributed by atoms with Gasteiger partial charge in [-0.05, 0) is 29.3 Å². The molecule has 0 amide bonds. The van der Waals surface area contributed by atoms with E-state index in [4.69, 9.17) is 5.73 Å². The number of rotatable bonds is 4. The minimum absolute atomic E-state index is 0.448. The van der Waals surface area contributed by atoms with Gasteiger partial charge >= 0.3 is 0 Å². The zero-order valence-corrected chi connectivity index (χ0v) is 15.0. The van der Waals surface area contributed by atoms with Crippen LogP contribution in [0, 0.1) is 0 Å². The Morgan fingerprint density at radius 1 is 1.10 bits per heavy atom. The topological polar surface area (TPSA) is 50.7 Å². The quantitative estimate of drug-likeness (QED) is 0.433. The number of hydrogen-bond donors (Lipinski definition) is 1. The molecule has 0 saturated carbocycles. The Kier molecular flexibility index (Phi) is 6.48. The lowest BCUT2D eigenvalue weighted by Gasteiger charge is -1.99. The largest absolute Gasteiger partial charge is 0.377 e. The molecule has 21 heavy (non-hydrogen) atoms. The Hall–Kier alpha value is -1.11. The van der Waals surface area contributed by atoms with Gasteiger partial charge in [0.2, 0.25) is 0 Å². The molecule has 3 nitrogen and oxygen atoms in total. The highest BCUT2D eigenvalue weighted by atomic mass is 79.9. The van der Waals surface area contributed by atoms with Gasteiger partial charge in [0.15, 0.2) is 5.17 Å². The number of benzene rings is 2. The normalized spacial score (nSPS) is 12.0. The molecule has 2 aromatic carbocycles.